The third kappa shape index (κ3) is 3.92. The number of nitrogens with one attached hydrogen (secondary N) is 2. The SMILES string of the molecule is Cc1occc1C(=O)Nc1nc(CC(=O)NC(C2CC2)C2CC2)cs1. The largest absolute Gasteiger partial charge is 0.469 e. The van der Waals surface area contributed by atoms with E-state index in [0.717, 1.165) is 0 Å². The molecule has 25 heavy (non-hydrogen) atoms. The smallest absolute Gasteiger partial charge is 0.260 e. The first-order chi connectivity index (χ1) is 12.1. The molecule has 2 saturated carbocycles. The van der Waals surface area contributed by atoms with Gasteiger partial charge in [0.05, 0.1) is 23.9 Å². The van der Waals surface area contributed by atoms with E-state index in [1.165, 1.54) is 43.3 Å². The number of hydrogen-bond acceptors (Lipinski definition) is 5. The third-order valence-corrected chi connectivity index (χ3v) is 5.61. The number of furan rings is 1. The van der Waals surface area contributed by atoms with Gasteiger partial charge in [-0.15, -0.1) is 11.3 Å². The third-order valence-electron chi connectivity index (χ3n) is 4.80. The van der Waals surface area contributed by atoms with E-state index in [2.05, 4.69) is 15.6 Å². The highest BCUT2D eigenvalue weighted by atomic mass is 32.1. The Kier molecular flexibility index (Phi) is 4.33. The first kappa shape index (κ1) is 16.3. The maximum absolute atomic E-state index is 12.3. The van der Waals surface area contributed by atoms with Gasteiger partial charge < -0.3 is 9.73 Å². The zero-order chi connectivity index (χ0) is 17.4. The van der Waals surface area contributed by atoms with Gasteiger partial charge in [-0.25, -0.2) is 4.98 Å². The number of aromatic nitrogens is 1. The van der Waals surface area contributed by atoms with Gasteiger partial charge >= 0.3 is 0 Å². The van der Waals surface area contributed by atoms with E-state index >= 15 is 0 Å². The fraction of sp³-hybridized carbons (Fsp3) is 0.500. The number of carbonyl (C=O) groups excluding carboxylic acids is 2. The second-order valence-corrected chi connectivity index (χ2v) is 7.79. The number of aryl methyl sites for hydroxylation is 1. The summed E-state index contributed by atoms with van der Waals surface area (Å²) in [5.74, 6) is 1.71. The van der Waals surface area contributed by atoms with Crippen molar-refractivity contribution in [3.63, 3.8) is 0 Å². The summed E-state index contributed by atoms with van der Waals surface area (Å²) in [4.78, 5) is 28.8. The van der Waals surface area contributed by atoms with Gasteiger partial charge in [0.15, 0.2) is 5.13 Å². The van der Waals surface area contributed by atoms with Crippen molar-refractivity contribution < 1.29 is 14.0 Å². The van der Waals surface area contributed by atoms with Crippen molar-refractivity contribution in [1.29, 1.82) is 0 Å². The summed E-state index contributed by atoms with van der Waals surface area (Å²) in [6.07, 6.45) is 6.69. The Balaban J connectivity index is 1.32. The molecule has 0 unspecified atom stereocenters. The molecular formula is C18H21N3O3S. The lowest BCUT2D eigenvalue weighted by atomic mass is 10.1. The highest BCUT2D eigenvalue weighted by molar-refractivity contribution is 7.14. The van der Waals surface area contributed by atoms with Crippen LogP contribution in [0.15, 0.2) is 22.1 Å². The average Bonchev–Trinajstić information content (AvgIpc) is 3.49. The van der Waals surface area contributed by atoms with Crippen LogP contribution in [0, 0.1) is 18.8 Å². The summed E-state index contributed by atoms with van der Waals surface area (Å²) < 4.78 is 5.14. The molecule has 2 amide bonds. The molecule has 7 heteroatoms. The molecule has 0 radical (unpaired) electrons. The van der Waals surface area contributed by atoms with E-state index in [1.54, 1.807) is 13.0 Å². The van der Waals surface area contributed by atoms with Crippen LogP contribution in [0.5, 0.6) is 0 Å². The highest BCUT2D eigenvalue weighted by Crippen LogP contribution is 2.44. The molecule has 2 aromatic rings. The zero-order valence-corrected chi connectivity index (χ0v) is 14.9. The molecule has 2 fully saturated rings. The van der Waals surface area contributed by atoms with Crippen LogP contribution >= 0.6 is 11.3 Å². The molecule has 4 rings (SSSR count). The normalized spacial score (nSPS) is 16.9. The van der Waals surface area contributed by atoms with E-state index in [-0.39, 0.29) is 18.2 Å². The van der Waals surface area contributed by atoms with Crippen molar-refractivity contribution in [1.82, 2.24) is 10.3 Å². The number of anilines is 1. The number of thiazole rings is 1. The minimum absolute atomic E-state index is 0.0256. The first-order valence-electron chi connectivity index (χ1n) is 8.69. The summed E-state index contributed by atoms with van der Waals surface area (Å²) in [5, 5.41) is 8.26. The number of hydrogen-bond donors (Lipinski definition) is 2. The highest BCUT2D eigenvalue weighted by Gasteiger charge is 2.42. The Labute approximate surface area is 150 Å². The summed E-state index contributed by atoms with van der Waals surface area (Å²) in [7, 11) is 0. The molecule has 2 N–H and O–H groups in total. The van der Waals surface area contributed by atoms with E-state index in [9.17, 15) is 9.59 Å². The second-order valence-electron chi connectivity index (χ2n) is 6.93. The number of rotatable bonds is 7. The van der Waals surface area contributed by atoms with Crippen LogP contribution in [0.4, 0.5) is 5.13 Å². The fourth-order valence-corrected chi connectivity index (χ4v) is 3.87. The minimum atomic E-state index is -0.251. The van der Waals surface area contributed by atoms with Gasteiger partial charge in [-0.3, -0.25) is 14.9 Å². The van der Waals surface area contributed by atoms with Gasteiger partial charge in [-0.2, -0.15) is 0 Å². The Bertz CT molecular complexity index is 777. The van der Waals surface area contributed by atoms with Crippen LogP contribution in [0.1, 0.15) is 47.5 Å². The standard InChI is InChI=1S/C18H21N3O3S/c1-10-14(6-7-24-10)17(23)21-18-19-13(9-25-18)8-15(22)20-16(11-2-3-11)12-4-5-12/h6-7,9,11-12,16H,2-5,8H2,1H3,(H,20,22)(H,19,21,23). The lowest BCUT2D eigenvalue weighted by Gasteiger charge is -2.17. The Morgan fingerprint density at radius 2 is 2.04 bits per heavy atom. The molecule has 2 aliphatic rings. The molecule has 0 atom stereocenters. The van der Waals surface area contributed by atoms with Crippen LogP contribution in [0.25, 0.3) is 0 Å². The molecule has 0 saturated heterocycles. The lowest BCUT2D eigenvalue weighted by molar-refractivity contribution is -0.121. The molecule has 132 valence electrons. The predicted molar refractivity (Wildman–Crippen MR) is 94.6 cm³/mol. The summed E-state index contributed by atoms with van der Waals surface area (Å²) in [5.41, 5.74) is 1.18. The predicted octanol–water partition coefficient (Wildman–Crippen LogP) is 3.14. The van der Waals surface area contributed by atoms with E-state index < -0.39 is 0 Å². The lowest BCUT2D eigenvalue weighted by Crippen LogP contribution is -2.39. The van der Waals surface area contributed by atoms with Crippen molar-refractivity contribution in [2.75, 3.05) is 5.32 Å². The number of amides is 2. The Hall–Kier alpha value is -2.15. The molecule has 0 aromatic carbocycles. The van der Waals surface area contributed by atoms with E-state index in [0.29, 0.717) is 40.0 Å². The molecule has 2 aliphatic carbocycles. The summed E-state index contributed by atoms with van der Waals surface area (Å²) >= 11 is 1.33. The average molecular weight is 359 g/mol. The maximum Gasteiger partial charge on any atom is 0.260 e. The molecule has 2 heterocycles. The molecule has 0 aliphatic heterocycles. The maximum atomic E-state index is 12.3. The topological polar surface area (TPSA) is 84.2 Å². The van der Waals surface area contributed by atoms with Crippen LogP contribution in [0.3, 0.4) is 0 Å². The zero-order valence-electron chi connectivity index (χ0n) is 14.1. The van der Waals surface area contributed by atoms with Gasteiger partial charge in [-0.05, 0) is 50.5 Å². The van der Waals surface area contributed by atoms with Crippen LogP contribution in [0.2, 0.25) is 0 Å². The Morgan fingerprint density at radius 3 is 2.64 bits per heavy atom. The summed E-state index contributed by atoms with van der Waals surface area (Å²) in [6, 6.07) is 1.98. The second kappa shape index (κ2) is 6.63. The van der Waals surface area contributed by atoms with Crippen LogP contribution in [-0.2, 0) is 11.2 Å². The van der Waals surface area contributed by atoms with Crippen molar-refractivity contribution in [2.45, 2.75) is 45.1 Å². The molecule has 0 bridgehead atoms. The van der Waals surface area contributed by atoms with Crippen molar-refractivity contribution in [3.05, 3.63) is 34.7 Å². The molecule has 6 nitrogen and oxygen atoms in total. The Morgan fingerprint density at radius 1 is 1.32 bits per heavy atom. The van der Waals surface area contributed by atoms with Gasteiger partial charge in [0.2, 0.25) is 5.91 Å². The monoisotopic (exact) mass is 359 g/mol. The van der Waals surface area contributed by atoms with Crippen molar-refractivity contribution >= 4 is 28.3 Å². The van der Waals surface area contributed by atoms with Gasteiger partial charge in [0.1, 0.15) is 5.76 Å². The summed E-state index contributed by atoms with van der Waals surface area (Å²) in [6.45, 7) is 1.74. The first-order valence-corrected chi connectivity index (χ1v) is 9.57. The van der Waals surface area contributed by atoms with E-state index in [4.69, 9.17) is 4.42 Å². The van der Waals surface area contributed by atoms with Crippen LogP contribution < -0.4 is 10.6 Å². The molecular weight excluding hydrogens is 338 g/mol. The van der Waals surface area contributed by atoms with Gasteiger partial charge in [0.25, 0.3) is 5.91 Å². The molecule has 2 aromatic heterocycles. The number of carbonyl (C=O) groups is 2. The van der Waals surface area contributed by atoms with Gasteiger partial charge in [-0.1, -0.05) is 0 Å². The van der Waals surface area contributed by atoms with Crippen molar-refractivity contribution in [3.8, 4) is 0 Å². The quantitative estimate of drug-likeness (QED) is 0.795. The molecule has 0 spiro atoms. The van der Waals surface area contributed by atoms with E-state index in [1.807, 2.05) is 5.38 Å². The number of nitrogens with zero attached hydrogens (tertiary/aromatic N) is 1. The fourth-order valence-electron chi connectivity index (χ4n) is 3.16. The van der Waals surface area contributed by atoms with Gasteiger partial charge in [0, 0.05) is 11.4 Å². The van der Waals surface area contributed by atoms with Crippen molar-refractivity contribution in [2.24, 2.45) is 11.8 Å². The van der Waals surface area contributed by atoms with Crippen LogP contribution in [-0.4, -0.2) is 22.8 Å². The minimum Gasteiger partial charge on any atom is -0.469 e.